The van der Waals surface area contributed by atoms with E-state index in [9.17, 15) is 0 Å². The van der Waals surface area contributed by atoms with Crippen molar-refractivity contribution in [2.45, 2.75) is 0 Å². The molecule has 0 saturated heterocycles. The van der Waals surface area contributed by atoms with Crippen molar-refractivity contribution in [3.8, 4) is 0 Å². The average Bonchev–Trinajstić information content (AvgIpc) is 1.00. The maximum absolute atomic E-state index is 8.34. The van der Waals surface area contributed by atoms with Gasteiger partial charge in [0, 0.05) is 65.3 Å². The molecule has 0 bridgehead atoms. The SMILES string of the molecule is [Ag].[In].[Mn].[O]=[Sn]. The molecule has 1 nitrogen and oxygen atoms in total. The first-order valence-corrected chi connectivity index (χ1v) is 1.37. The molecule has 0 saturated carbocycles. The molecule has 5 heavy (non-hydrogen) atoms. The first-order valence-electron chi connectivity index (χ1n) is 0.204. The fourth-order valence-electron chi connectivity index (χ4n) is 0. The summed E-state index contributed by atoms with van der Waals surface area (Å²) in [4.78, 5) is 0. The van der Waals surface area contributed by atoms with Gasteiger partial charge in [-0.25, -0.2) is 0 Å². The second-order valence-electron chi connectivity index (χ2n) is 0. The Morgan fingerprint density at radius 2 is 1.20 bits per heavy atom. The van der Waals surface area contributed by atoms with Gasteiger partial charge in [0.2, 0.25) is 0 Å². The van der Waals surface area contributed by atoms with Crippen LogP contribution in [0.25, 0.3) is 0 Å². The molecule has 0 aliphatic heterocycles. The van der Waals surface area contributed by atoms with E-state index in [1.54, 1.807) is 0 Å². The van der Waals surface area contributed by atoms with Crippen LogP contribution in [0, 0.1) is 0 Å². The van der Waals surface area contributed by atoms with E-state index in [2.05, 4.69) is 0 Å². The zero-order valence-electron chi connectivity index (χ0n) is 2.17. The summed E-state index contributed by atoms with van der Waals surface area (Å²) in [5.41, 5.74) is 0. The van der Waals surface area contributed by atoms with E-state index < -0.39 is 0 Å². The molecular formula is AgInMnOSn. The van der Waals surface area contributed by atoms with Gasteiger partial charge >= 0.3 is 25.6 Å². The summed E-state index contributed by atoms with van der Waals surface area (Å²) in [6, 6.07) is 0. The van der Waals surface area contributed by atoms with E-state index in [0.29, 0.717) is 22.5 Å². The minimum atomic E-state index is 0. The molecular weight excluding hydrogens is 412 g/mol. The Kier molecular flexibility index (Phi) is 149. The van der Waals surface area contributed by atoms with Crippen LogP contribution in [0.5, 0.6) is 0 Å². The molecule has 31 valence electrons. The Bertz CT molecular complexity index is 11.6. The predicted molar refractivity (Wildman–Crippen MR) is 12.2 cm³/mol. The third-order valence-electron chi connectivity index (χ3n) is 0. The van der Waals surface area contributed by atoms with Gasteiger partial charge in [-0.1, -0.05) is 0 Å². The molecule has 0 aliphatic rings. The number of rotatable bonds is 0. The van der Waals surface area contributed by atoms with Crippen molar-refractivity contribution in [2.75, 3.05) is 0 Å². The average molecular weight is 412 g/mol. The van der Waals surface area contributed by atoms with Gasteiger partial charge in [0.15, 0.2) is 0 Å². The molecule has 0 aromatic rings. The third kappa shape index (κ3) is 20.2. The van der Waals surface area contributed by atoms with Crippen LogP contribution in [0.1, 0.15) is 0 Å². The number of hydrogen-bond donors (Lipinski definition) is 0. The molecule has 0 spiro atoms. The monoisotopic (exact) mass is 413 g/mol. The second kappa shape index (κ2) is 29.7. The molecule has 0 fully saturated rings. The quantitative estimate of drug-likeness (QED) is 0.473. The Morgan fingerprint density at radius 1 is 1.20 bits per heavy atom. The van der Waals surface area contributed by atoms with E-state index in [1.807, 2.05) is 0 Å². The van der Waals surface area contributed by atoms with E-state index in [-0.39, 0.29) is 65.3 Å². The Labute approximate surface area is 89.3 Å². The van der Waals surface area contributed by atoms with Gasteiger partial charge in [-0.15, -0.1) is 0 Å². The molecule has 0 atom stereocenters. The van der Waals surface area contributed by atoms with Gasteiger partial charge < -0.3 is 0 Å². The van der Waals surface area contributed by atoms with E-state index in [4.69, 9.17) is 3.08 Å². The van der Waals surface area contributed by atoms with Crippen LogP contribution in [0.2, 0.25) is 0 Å². The topological polar surface area (TPSA) is 17.1 Å². The normalized spacial score (nSPS) is 0.800. The number of hydrogen-bond acceptors (Lipinski definition) is 1. The fraction of sp³-hybridized carbons (Fsp3) is 0. The summed E-state index contributed by atoms with van der Waals surface area (Å²) in [6.45, 7) is 0. The zero-order chi connectivity index (χ0) is 2.00. The van der Waals surface area contributed by atoms with Crippen molar-refractivity contribution < 1.29 is 42.5 Å². The van der Waals surface area contributed by atoms with Crippen molar-refractivity contribution in [2.24, 2.45) is 0 Å². The van der Waals surface area contributed by atoms with Crippen molar-refractivity contribution >= 4 is 48.4 Å². The summed E-state index contributed by atoms with van der Waals surface area (Å²) < 4.78 is 8.34. The minimum absolute atomic E-state index is 0. The standard InChI is InChI=1S/Ag.In.Mn.O.Sn. The molecule has 5 heteroatoms. The van der Waals surface area contributed by atoms with Crippen LogP contribution in [0.15, 0.2) is 0 Å². The molecule has 0 rings (SSSR count). The van der Waals surface area contributed by atoms with Gasteiger partial charge in [-0.3, -0.25) is 0 Å². The summed E-state index contributed by atoms with van der Waals surface area (Å²) in [5, 5.41) is 0. The van der Waals surface area contributed by atoms with Crippen LogP contribution >= 0.6 is 0 Å². The van der Waals surface area contributed by atoms with Crippen molar-refractivity contribution in [3.05, 3.63) is 0 Å². The van der Waals surface area contributed by atoms with E-state index in [1.165, 1.54) is 0 Å². The van der Waals surface area contributed by atoms with Crippen molar-refractivity contribution in [1.82, 2.24) is 0 Å². The summed E-state index contributed by atoms with van der Waals surface area (Å²) in [7, 11) is 0. The van der Waals surface area contributed by atoms with Gasteiger partial charge in [0.05, 0.1) is 0 Å². The van der Waals surface area contributed by atoms with Crippen LogP contribution in [-0.4, -0.2) is 48.4 Å². The second-order valence-corrected chi connectivity index (χ2v) is 0. The Hall–Kier alpha value is 2.73. The molecule has 0 unspecified atom stereocenters. The summed E-state index contributed by atoms with van der Waals surface area (Å²) in [5.74, 6) is 0. The van der Waals surface area contributed by atoms with Gasteiger partial charge in [-0.05, 0) is 0 Å². The summed E-state index contributed by atoms with van der Waals surface area (Å²) in [6.07, 6.45) is 0. The van der Waals surface area contributed by atoms with E-state index in [0.717, 1.165) is 0 Å². The first kappa shape index (κ1) is 25.2. The molecule has 0 aromatic carbocycles. The maximum atomic E-state index is 8.34. The fourth-order valence-corrected chi connectivity index (χ4v) is 0. The molecule has 7 radical (unpaired) electrons. The predicted octanol–water partition coefficient (Wildman–Crippen LogP) is -0.885. The van der Waals surface area contributed by atoms with Crippen molar-refractivity contribution in [1.29, 1.82) is 0 Å². The Balaban J connectivity index is -0.00000000167. The van der Waals surface area contributed by atoms with Gasteiger partial charge in [0.1, 0.15) is 0 Å². The molecule has 0 aromatic heterocycles. The van der Waals surface area contributed by atoms with Crippen LogP contribution < -0.4 is 0 Å². The van der Waals surface area contributed by atoms with Crippen molar-refractivity contribution in [3.63, 3.8) is 0 Å². The van der Waals surface area contributed by atoms with Gasteiger partial charge in [0.25, 0.3) is 0 Å². The van der Waals surface area contributed by atoms with Gasteiger partial charge in [-0.2, -0.15) is 0 Å². The molecule has 0 heterocycles. The first-order chi connectivity index (χ1) is 1.00. The third-order valence-corrected chi connectivity index (χ3v) is 0. The molecule has 0 amide bonds. The van der Waals surface area contributed by atoms with Crippen LogP contribution in [0.4, 0.5) is 0 Å². The van der Waals surface area contributed by atoms with Crippen LogP contribution in [0.3, 0.4) is 0 Å². The van der Waals surface area contributed by atoms with Crippen LogP contribution in [-0.2, 0) is 42.5 Å². The molecule has 0 aliphatic carbocycles. The molecule has 0 N–H and O–H groups in total. The summed E-state index contributed by atoms with van der Waals surface area (Å²) >= 11 is 0.300. The van der Waals surface area contributed by atoms with E-state index >= 15 is 0 Å². The Morgan fingerprint density at radius 3 is 1.20 bits per heavy atom. The zero-order valence-corrected chi connectivity index (χ0v) is 11.0.